The molecule has 1 aromatic heterocycles. The third-order valence-corrected chi connectivity index (χ3v) is 12.3. The Morgan fingerprint density at radius 2 is 1.42 bits per heavy atom. The monoisotopic (exact) mass is 921 g/mol. The van der Waals surface area contributed by atoms with Gasteiger partial charge in [-0.25, -0.2) is 0 Å². The third-order valence-electron chi connectivity index (χ3n) is 9.97. The van der Waals surface area contributed by atoms with Gasteiger partial charge in [-0.05, 0) is 73.6 Å². The van der Waals surface area contributed by atoms with E-state index in [1.165, 1.54) is 0 Å². The summed E-state index contributed by atoms with van der Waals surface area (Å²) in [6.45, 7) is -0.171. The molecule has 336 valence electrons. The van der Waals surface area contributed by atoms with E-state index in [4.69, 9.17) is 14.3 Å². The van der Waals surface area contributed by atoms with E-state index < -0.39 is 77.4 Å². The Hall–Kier alpha value is -5.39. The second kappa shape index (κ2) is 20.7. The lowest BCUT2D eigenvalue weighted by molar-refractivity contribution is -0.677. The number of fused-ring (bicyclic) bond motifs is 2. The lowest BCUT2D eigenvalue weighted by Crippen LogP contribution is -2.53. The fourth-order valence-electron chi connectivity index (χ4n) is 7.13. The largest absolute Gasteiger partial charge is 0.481 e. The van der Waals surface area contributed by atoms with Crippen molar-refractivity contribution in [3.8, 4) is 5.75 Å². The molecule has 19 nitrogen and oxygen atoms in total. The van der Waals surface area contributed by atoms with Crippen LogP contribution in [0.1, 0.15) is 57.3 Å². The number of anilines is 1. The lowest BCUT2D eigenvalue weighted by Gasteiger charge is -2.35. The highest BCUT2D eigenvalue weighted by Gasteiger charge is 2.48. The van der Waals surface area contributed by atoms with E-state index in [2.05, 4.69) is 10.6 Å². The molecule has 0 fully saturated rings. The van der Waals surface area contributed by atoms with Gasteiger partial charge in [0.1, 0.15) is 5.41 Å². The zero-order valence-corrected chi connectivity index (χ0v) is 36.0. The number of carboxylic acid groups (broad SMARTS) is 1. The molecular weight excluding hydrogens is 873 g/mol. The van der Waals surface area contributed by atoms with E-state index in [-0.39, 0.29) is 63.5 Å². The number of hydrogen-bond acceptors (Lipinski definition) is 12. The van der Waals surface area contributed by atoms with Gasteiger partial charge in [-0.2, -0.15) is 29.8 Å². The molecule has 1 aliphatic carbocycles. The van der Waals surface area contributed by atoms with Crippen molar-refractivity contribution in [2.75, 3.05) is 41.8 Å². The number of rotatable bonds is 22. The van der Waals surface area contributed by atoms with Crippen molar-refractivity contribution in [2.45, 2.75) is 57.9 Å². The fraction of sp³-hybridized carbons (Fsp3) is 0.400. The number of amides is 2. The number of aliphatic carboxylic acids is 1. The van der Waals surface area contributed by atoms with Crippen molar-refractivity contribution in [3.05, 3.63) is 95.8 Å². The van der Waals surface area contributed by atoms with E-state index in [1.807, 2.05) is 0 Å². The normalized spacial score (nSPS) is 18.2. The number of nitrogens with zero attached hydrogens (tertiary/aromatic N) is 2. The highest BCUT2D eigenvalue weighted by molar-refractivity contribution is 7.86. The number of nitrogens with one attached hydrogen (secondary N) is 2. The van der Waals surface area contributed by atoms with Gasteiger partial charge in [0.15, 0.2) is 12.3 Å². The quantitative estimate of drug-likeness (QED) is 0.0364. The maximum Gasteiger partial charge on any atom is 0.374 e. The van der Waals surface area contributed by atoms with Crippen LogP contribution in [-0.2, 0) is 51.3 Å². The number of benzene rings is 2. The Kier molecular flexibility index (Phi) is 15.9. The molecule has 2 aromatic carbocycles. The van der Waals surface area contributed by atoms with Gasteiger partial charge in [0.05, 0.1) is 29.0 Å². The minimum atomic E-state index is -4.50. The van der Waals surface area contributed by atoms with Crippen LogP contribution in [0.3, 0.4) is 0 Å². The van der Waals surface area contributed by atoms with E-state index in [0.29, 0.717) is 52.9 Å². The topological polar surface area (TPSA) is 288 Å². The highest BCUT2D eigenvalue weighted by atomic mass is 32.2. The molecule has 3 aromatic rings. The van der Waals surface area contributed by atoms with Crippen molar-refractivity contribution < 1.29 is 72.1 Å². The number of unbranched alkanes of at least 4 members (excludes halogenated alkanes) is 2. The second-order valence-electron chi connectivity index (χ2n) is 14.8. The first kappa shape index (κ1) is 47.7. The van der Waals surface area contributed by atoms with Crippen LogP contribution in [-0.4, -0.2) is 98.7 Å². The van der Waals surface area contributed by atoms with Gasteiger partial charge in [0, 0.05) is 38.5 Å². The van der Waals surface area contributed by atoms with E-state index in [1.54, 1.807) is 88.4 Å². The van der Waals surface area contributed by atoms with Crippen LogP contribution in [0.15, 0.2) is 94.3 Å². The number of hydrogen-bond donors (Lipinski definition) is 6. The van der Waals surface area contributed by atoms with Gasteiger partial charge in [-0.15, -0.1) is 0 Å². The smallest absolute Gasteiger partial charge is 0.374 e. The Labute approximate surface area is 359 Å². The first-order valence-corrected chi connectivity index (χ1v) is 24.4. The molecule has 0 spiro atoms. The summed E-state index contributed by atoms with van der Waals surface area (Å²) in [6.07, 6.45) is 8.93. The van der Waals surface area contributed by atoms with Crippen LogP contribution in [0.5, 0.6) is 5.75 Å². The number of carboxylic acids is 1. The van der Waals surface area contributed by atoms with Crippen molar-refractivity contribution >= 4 is 71.0 Å². The molecule has 0 saturated heterocycles. The molecule has 1 aliphatic heterocycles. The predicted octanol–water partition coefficient (Wildman–Crippen LogP) is 3.43. The van der Waals surface area contributed by atoms with Crippen molar-refractivity contribution in [1.29, 1.82) is 0 Å². The summed E-state index contributed by atoms with van der Waals surface area (Å²) >= 11 is 0. The number of ether oxygens (including phenoxy) is 1. The summed E-state index contributed by atoms with van der Waals surface area (Å²) in [6, 6.07) is 14.0. The number of para-hydroxylation sites is 4. The van der Waals surface area contributed by atoms with Crippen LogP contribution in [0.2, 0.25) is 0 Å². The standard InChI is InChI=1S/C40H48N4O15S3/c45-37(46)14-2-1-7-19-41-38(47)40(39(48)42-20-25-62(55,56)57)27-29(15-17-35-43(21-8-23-60(49,50)51)31-10-3-5-12-33(31)58-35)26-30(28-40)16-18-36-44(22-9-24-61(52,53)54)32-11-4-6-13-34(32)59-36/h3-6,10-13,15-18,26H,1-2,7-9,14,19-25,27-28H2,(H5-,41,42,45,46,47,48,49,50,51,52,53,54,55,56,57)/p+1. The summed E-state index contributed by atoms with van der Waals surface area (Å²) in [5.41, 5.74) is 0.661. The molecule has 0 radical (unpaired) electrons. The molecule has 1 atom stereocenters. The Bertz CT molecular complexity index is 2620. The van der Waals surface area contributed by atoms with E-state index in [9.17, 15) is 53.3 Å². The highest BCUT2D eigenvalue weighted by Crippen LogP contribution is 2.42. The van der Waals surface area contributed by atoms with Crippen molar-refractivity contribution in [2.24, 2.45) is 5.41 Å². The van der Waals surface area contributed by atoms with Gasteiger partial charge in [0.2, 0.25) is 23.3 Å². The molecule has 5 rings (SSSR count). The summed E-state index contributed by atoms with van der Waals surface area (Å²) in [7, 11) is -13.0. The summed E-state index contributed by atoms with van der Waals surface area (Å²) < 4.78 is 111. The average Bonchev–Trinajstić information content (AvgIpc) is 3.73. The third kappa shape index (κ3) is 13.8. The number of aromatic nitrogens is 1. The van der Waals surface area contributed by atoms with Gasteiger partial charge < -0.3 is 29.8 Å². The molecule has 2 amide bonds. The maximum absolute atomic E-state index is 14.3. The van der Waals surface area contributed by atoms with Gasteiger partial charge in [-0.1, -0.05) is 42.8 Å². The van der Waals surface area contributed by atoms with Crippen LogP contribution in [0.25, 0.3) is 17.2 Å². The van der Waals surface area contributed by atoms with Crippen LogP contribution < -0.4 is 24.8 Å². The van der Waals surface area contributed by atoms with Crippen molar-refractivity contribution in [1.82, 2.24) is 10.6 Å². The predicted molar refractivity (Wildman–Crippen MR) is 226 cm³/mol. The molecule has 0 saturated carbocycles. The Morgan fingerprint density at radius 1 is 0.758 bits per heavy atom. The first-order valence-electron chi connectivity index (χ1n) is 19.6. The zero-order valence-electron chi connectivity index (χ0n) is 33.5. The summed E-state index contributed by atoms with van der Waals surface area (Å²) in [5, 5.41) is 14.3. The minimum absolute atomic E-state index is 0.0419. The molecule has 62 heavy (non-hydrogen) atoms. The molecule has 6 N–H and O–H groups in total. The van der Waals surface area contributed by atoms with Gasteiger partial charge >= 0.3 is 11.9 Å². The molecule has 22 heteroatoms. The molecule has 1 unspecified atom stereocenters. The Balaban J connectivity index is 1.56. The lowest BCUT2D eigenvalue weighted by atomic mass is 9.70. The molecule has 2 aliphatic rings. The second-order valence-corrected chi connectivity index (χ2v) is 19.5. The molecular formula is C40H49N4O15S3+. The number of carbonyl (C=O) groups excluding carboxylic acids is 2. The van der Waals surface area contributed by atoms with Crippen molar-refractivity contribution in [3.63, 3.8) is 0 Å². The number of aryl methyl sites for hydroxylation is 1. The number of allylic oxidation sites excluding steroid dienone is 6. The summed E-state index contributed by atoms with van der Waals surface area (Å²) in [4.78, 5) is 41.3. The number of carbonyl (C=O) groups is 3. The van der Waals surface area contributed by atoms with Gasteiger partial charge in [0.25, 0.3) is 35.9 Å². The average molecular weight is 922 g/mol. The SMILES string of the molecule is O=C(O)CCCCCNC(=O)C1(C(=O)NCCS(=O)(=O)O)CC(=CC=C2Oc3ccccc3N2CCCS(=O)(=O)O)C=C(C=Cc2oc3ccccc3[n+]2CCCS(=O)(=O)O)C1. The Morgan fingerprint density at radius 3 is 2.13 bits per heavy atom. The van der Waals surface area contributed by atoms with Crippen LogP contribution in [0, 0.1) is 5.41 Å². The maximum atomic E-state index is 14.3. The van der Waals surface area contributed by atoms with E-state index >= 15 is 0 Å². The van der Waals surface area contributed by atoms with Crippen LogP contribution in [0.4, 0.5) is 5.69 Å². The van der Waals surface area contributed by atoms with Crippen LogP contribution >= 0.6 is 0 Å². The zero-order chi connectivity index (χ0) is 45.1. The fourth-order valence-corrected chi connectivity index (χ4v) is 8.48. The van der Waals surface area contributed by atoms with E-state index in [0.717, 1.165) is 0 Å². The summed E-state index contributed by atoms with van der Waals surface area (Å²) in [5.74, 6) is -3.34. The molecule has 0 bridgehead atoms. The number of oxazole rings is 1. The van der Waals surface area contributed by atoms with Gasteiger partial charge in [-0.3, -0.25) is 28.0 Å². The molecule has 2 heterocycles. The first-order chi connectivity index (χ1) is 29.2. The minimum Gasteiger partial charge on any atom is -0.481 e.